The second kappa shape index (κ2) is 6.89. The van der Waals surface area contributed by atoms with Crippen molar-refractivity contribution in [2.75, 3.05) is 43.0 Å². The third-order valence-electron chi connectivity index (χ3n) is 4.25. The molecule has 6 nitrogen and oxygen atoms in total. The van der Waals surface area contributed by atoms with Gasteiger partial charge in [0.2, 0.25) is 5.91 Å². The average molecular weight is 317 g/mol. The van der Waals surface area contributed by atoms with Crippen LogP contribution in [-0.4, -0.2) is 49.7 Å². The highest BCUT2D eigenvalue weighted by Gasteiger charge is 2.29. The first-order chi connectivity index (χ1) is 11.2. The van der Waals surface area contributed by atoms with E-state index in [-0.39, 0.29) is 17.9 Å². The number of benzene rings is 1. The van der Waals surface area contributed by atoms with Crippen LogP contribution in [0.1, 0.15) is 19.8 Å². The van der Waals surface area contributed by atoms with E-state index in [0.717, 1.165) is 37.3 Å². The molecule has 0 atom stereocenters. The maximum Gasteiger partial charge on any atom is 0.409 e. The van der Waals surface area contributed by atoms with E-state index in [1.807, 2.05) is 31.2 Å². The number of piperazine rings is 1. The Bertz CT molecular complexity index is 561. The topological polar surface area (TPSA) is 61.9 Å². The first kappa shape index (κ1) is 15.6. The van der Waals surface area contributed by atoms with Gasteiger partial charge in [-0.15, -0.1) is 0 Å². The minimum atomic E-state index is -0.231. The van der Waals surface area contributed by atoms with Gasteiger partial charge in [0.05, 0.1) is 6.61 Å². The Balaban J connectivity index is 1.52. The predicted octanol–water partition coefficient (Wildman–Crippen LogP) is 2.31. The lowest BCUT2D eigenvalue weighted by molar-refractivity contribution is -0.117. The molecule has 1 saturated carbocycles. The van der Waals surface area contributed by atoms with Crippen molar-refractivity contribution in [3.8, 4) is 0 Å². The molecule has 2 aliphatic rings. The lowest BCUT2D eigenvalue weighted by atomic mass is 10.2. The van der Waals surface area contributed by atoms with Crippen molar-refractivity contribution in [2.24, 2.45) is 5.92 Å². The molecular formula is C17H23N3O3. The Morgan fingerprint density at radius 3 is 2.35 bits per heavy atom. The minimum Gasteiger partial charge on any atom is -0.450 e. The second-order valence-electron chi connectivity index (χ2n) is 5.98. The maximum atomic E-state index is 11.7. The zero-order chi connectivity index (χ0) is 16.2. The van der Waals surface area contributed by atoms with E-state index < -0.39 is 0 Å². The molecule has 1 saturated heterocycles. The Kier molecular flexibility index (Phi) is 4.69. The summed E-state index contributed by atoms with van der Waals surface area (Å²) in [6.45, 7) is 5.13. The molecular weight excluding hydrogens is 294 g/mol. The highest BCUT2D eigenvalue weighted by atomic mass is 16.6. The van der Waals surface area contributed by atoms with Crippen LogP contribution in [0, 0.1) is 5.92 Å². The third-order valence-corrected chi connectivity index (χ3v) is 4.25. The Morgan fingerprint density at radius 1 is 1.13 bits per heavy atom. The van der Waals surface area contributed by atoms with Gasteiger partial charge in [-0.1, -0.05) is 0 Å². The van der Waals surface area contributed by atoms with E-state index in [1.54, 1.807) is 4.90 Å². The lowest BCUT2D eigenvalue weighted by Crippen LogP contribution is -2.49. The third kappa shape index (κ3) is 3.94. The first-order valence-electron chi connectivity index (χ1n) is 8.25. The second-order valence-corrected chi connectivity index (χ2v) is 5.98. The van der Waals surface area contributed by atoms with Gasteiger partial charge >= 0.3 is 6.09 Å². The number of carbonyl (C=O) groups excluding carboxylic acids is 2. The molecule has 1 heterocycles. The zero-order valence-corrected chi connectivity index (χ0v) is 13.5. The SMILES string of the molecule is CCOC(=O)N1CCN(c2ccc(NC(=O)C3CC3)cc2)CC1. The van der Waals surface area contributed by atoms with Crippen LogP contribution in [0.3, 0.4) is 0 Å². The Hall–Kier alpha value is -2.24. The van der Waals surface area contributed by atoms with Gasteiger partial charge in [-0.05, 0) is 44.0 Å². The summed E-state index contributed by atoms with van der Waals surface area (Å²) in [6.07, 6.45) is 1.79. The number of carbonyl (C=O) groups is 2. The summed E-state index contributed by atoms with van der Waals surface area (Å²) in [6, 6.07) is 7.91. The van der Waals surface area contributed by atoms with Gasteiger partial charge in [0.25, 0.3) is 0 Å². The maximum absolute atomic E-state index is 11.7. The van der Waals surface area contributed by atoms with Crippen molar-refractivity contribution in [3.05, 3.63) is 24.3 Å². The van der Waals surface area contributed by atoms with Gasteiger partial charge in [0.1, 0.15) is 0 Å². The van der Waals surface area contributed by atoms with E-state index in [9.17, 15) is 9.59 Å². The molecule has 0 spiro atoms. The average Bonchev–Trinajstić information content (AvgIpc) is 3.41. The van der Waals surface area contributed by atoms with E-state index in [1.165, 1.54) is 0 Å². The fourth-order valence-electron chi connectivity index (χ4n) is 2.71. The van der Waals surface area contributed by atoms with E-state index in [2.05, 4.69) is 10.2 Å². The summed E-state index contributed by atoms with van der Waals surface area (Å²) in [4.78, 5) is 27.4. The standard InChI is InChI=1S/C17H23N3O3/c1-2-23-17(22)20-11-9-19(10-12-20)15-7-5-14(6-8-15)18-16(21)13-3-4-13/h5-8,13H,2-4,9-12H2,1H3,(H,18,21). The summed E-state index contributed by atoms with van der Waals surface area (Å²) < 4.78 is 5.03. The molecule has 0 unspecified atom stereocenters. The molecule has 0 bridgehead atoms. The summed E-state index contributed by atoms with van der Waals surface area (Å²) in [5.74, 6) is 0.339. The van der Waals surface area contributed by atoms with Crippen LogP contribution in [0.2, 0.25) is 0 Å². The molecule has 1 aromatic rings. The predicted molar refractivity (Wildman–Crippen MR) is 88.6 cm³/mol. The van der Waals surface area contributed by atoms with E-state index >= 15 is 0 Å². The number of anilines is 2. The molecule has 23 heavy (non-hydrogen) atoms. The largest absolute Gasteiger partial charge is 0.450 e. The lowest BCUT2D eigenvalue weighted by Gasteiger charge is -2.35. The number of amides is 2. The highest BCUT2D eigenvalue weighted by molar-refractivity contribution is 5.94. The minimum absolute atomic E-state index is 0.126. The fraction of sp³-hybridized carbons (Fsp3) is 0.529. The number of nitrogens with one attached hydrogen (secondary N) is 1. The van der Waals surface area contributed by atoms with Crippen LogP contribution in [0.25, 0.3) is 0 Å². The molecule has 1 N–H and O–H groups in total. The molecule has 2 fully saturated rings. The van der Waals surface area contributed by atoms with Crippen molar-refractivity contribution >= 4 is 23.4 Å². The molecule has 6 heteroatoms. The van der Waals surface area contributed by atoms with Crippen LogP contribution < -0.4 is 10.2 Å². The number of hydrogen-bond acceptors (Lipinski definition) is 4. The van der Waals surface area contributed by atoms with Crippen LogP contribution in [0.15, 0.2) is 24.3 Å². The van der Waals surface area contributed by atoms with Gasteiger partial charge in [-0.3, -0.25) is 4.79 Å². The van der Waals surface area contributed by atoms with Gasteiger partial charge in [0.15, 0.2) is 0 Å². The summed E-state index contributed by atoms with van der Waals surface area (Å²) in [7, 11) is 0. The number of nitrogens with zero attached hydrogens (tertiary/aromatic N) is 2. The normalized spacial score (nSPS) is 17.8. The van der Waals surface area contributed by atoms with Crippen molar-refractivity contribution in [1.29, 1.82) is 0 Å². The van der Waals surface area contributed by atoms with Gasteiger partial charge in [0, 0.05) is 43.5 Å². The molecule has 1 aliphatic carbocycles. The van der Waals surface area contributed by atoms with Crippen LogP contribution >= 0.6 is 0 Å². The zero-order valence-electron chi connectivity index (χ0n) is 13.5. The van der Waals surface area contributed by atoms with E-state index in [4.69, 9.17) is 4.74 Å². The molecule has 2 amide bonds. The van der Waals surface area contributed by atoms with Crippen molar-refractivity contribution < 1.29 is 14.3 Å². The van der Waals surface area contributed by atoms with Crippen LogP contribution in [0.5, 0.6) is 0 Å². The first-order valence-corrected chi connectivity index (χ1v) is 8.25. The summed E-state index contributed by atoms with van der Waals surface area (Å²) in [5, 5.41) is 2.94. The molecule has 0 radical (unpaired) electrons. The van der Waals surface area contributed by atoms with Crippen LogP contribution in [-0.2, 0) is 9.53 Å². The molecule has 124 valence electrons. The molecule has 1 aromatic carbocycles. The smallest absolute Gasteiger partial charge is 0.409 e. The number of ether oxygens (including phenoxy) is 1. The molecule has 1 aliphatic heterocycles. The quantitative estimate of drug-likeness (QED) is 0.926. The molecule has 0 aromatic heterocycles. The number of rotatable bonds is 4. The van der Waals surface area contributed by atoms with Crippen LogP contribution in [0.4, 0.5) is 16.2 Å². The van der Waals surface area contributed by atoms with Crippen molar-refractivity contribution in [1.82, 2.24) is 4.90 Å². The van der Waals surface area contributed by atoms with Gasteiger partial charge < -0.3 is 19.9 Å². The van der Waals surface area contributed by atoms with Crippen molar-refractivity contribution in [3.63, 3.8) is 0 Å². The fourth-order valence-corrected chi connectivity index (χ4v) is 2.71. The monoisotopic (exact) mass is 317 g/mol. The summed E-state index contributed by atoms with van der Waals surface area (Å²) >= 11 is 0. The van der Waals surface area contributed by atoms with Gasteiger partial charge in [-0.2, -0.15) is 0 Å². The van der Waals surface area contributed by atoms with Crippen molar-refractivity contribution in [2.45, 2.75) is 19.8 Å². The summed E-state index contributed by atoms with van der Waals surface area (Å²) in [5.41, 5.74) is 1.95. The Labute approximate surface area is 136 Å². The van der Waals surface area contributed by atoms with Gasteiger partial charge in [-0.25, -0.2) is 4.79 Å². The Morgan fingerprint density at radius 2 is 1.78 bits per heavy atom. The van der Waals surface area contributed by atoms with E-state index in [0.29, 0.717) is 19.7 Å². The number of hydrogen-bond donors (Lipinski definition) is 1. The highest BCUT2D eigenvalue weighted by Crippen LogP contribution is 2.30. The molecule has 3 rings (SSSR count).